The molecule has 0 aliphatic rings. The van der Waals surface area contributed by atoms with Gasteiger partial charge in [-0.1, -0.05) is 0 Å². The highest BCUT2D eigenvalue weighted by molar-refractivity contribution is 4.20. The van der Waals surface area contributed by atoms with E-state index in [1.807, 2.05) is 0 Å². The summed E-state index contributed by atoms with van der Waals surface area (Å²) in [5.74, 6) is 0. The highest BCUT2D eigenvalue weighted by atomic mass is 19.0. The monoisotopic (exact) mass is 140 g/mol. The minimum Gasteiger partial charge on any atom is -0.394 e. The average molecular weight is 140 g/mol. The van der Waals surface area contributed by atoms with Crippen molar-refractivity contribution >= 4 is 0 Å². The lowest BCUT2D eigenvalue weighted by Crippen LogP contribution is -1.85. The molecule has 1 N–H and O–H groups in total. The molecule has 0 aliphatic heterocycles. The third kappa shape index (κ3) is 1210. The van der Waals surface area contributed by atoms with E-state index in [4.69, 9.17) is 5.11 Å². The summed E-state index contributed by atoms with van der Waals surface area (Å²) in [5, 5.41) is 8.06. The SMILES string of the molecule is CC(C)O.F.F.F.F. The second-order valence-electron chi connectivity index (χ2n) is 1.09. The molecule has 0 aromatic rings. The van der Waals surface area contributed by atoms with Crippen molar-refractivity contribution < 1.29 is 23.9 Å². The van der Waals surface area contributed by atoms with Gasteiger partial charge < -0.3 is 5.11 Å². The van der Waals surface area contributed by atoms with Gasteiger partial charge in [0, 0.05) is 6.10 Å². The van der Waals surface area contributed by atoms with Gasteiger partial charge in [0.1, 0.15) is 0 Å². The molecule has 0 rings (SSSR count). The largest absolute Gasteiger partial charge is 0.394 e. The molecular formula is C3H12F4O. The fourth-order valence-corrected chi connectivity index (χ4v) is 0. The van der Waals surface area contributed by atoms with Gasteiger partial charge in [0.2, 0.25) is 0 Å². The predicted molar refractivity (Wildman–Crippen MR) is 27.4 cm³/mol. The molecule has 0 spiro atoms. The first kappa shape index (κ1) is 47.7. The van der Waals surface area contributed by atoms with Crippen molar-refractivity contribution in [3.05, 3.63) is 0 Å². The maximum Gasteiger partial charge on any atom is 0.0483 e. The molecule has 0 bridgehead atoms. The summed E-state index contributed by atoms with van der Waals surface area (Å²) in [6, 6.07) is 0. The molecule has 0 saturated carbocycles. The third-order valence-corrected chi connectivity index (χ3v) is 0. The molecule has 1 nitrogen and oxygen atoms in total. The summed E-state index contributed by atoms with van der Waals surface area (Å²) in [4.78, 5) is 0. The Labute approximate surface area is 45.2 Å². The van der Waals surface area contributed by atoms with Crippen molar-refractivity contribution in [2.45, 2.75) is 20.0 Å². The second kappa shape index (κ2) is 30.0. The van der Waals surface area contributed by atoms with E-state index in [2.05, 4.69) is 0 Å². The molecule has 0 aromatic heterocycles. The van der Waals surface area contributed by atoms with Gasteiger partial charge in [0.25, 0.3) is 0 Å². The van der Waals surface area contributed by atoms with Crippen LogP contribution in [0.25, 0.3) is 0 Å². The number of hydrogen-bond donors (Lipinski definition) is 1. The van der Waals surface area contributed by atoms with E-state index in [-0.39, 0.29) is 24.9 Å². The van der Waals surface area contributed by atoms with Crippen LogP contribution >= 0.6 is 0 Å². The van der Waals surface area contributed by atoms with E-state index < -0.39 is 0 Å². The van der Waals surface area contributed by atoms with E-state index in [0.717, 1.165) is 0 Å². The molecule has 0 atom stereocenters. The van der Waals surface area contributed by atoms with Crippen molar-refractivity contribution in [1.82, 2.24) is 0 Å². The van der Waals surface area contributed by atoms with Crippen molar-refractivity contribution in [2.75, 3.05) is 0 Å². The number of aliphatic hydroxyl groups excluding tert-OH is 1. The van der Waals surface area contributed by atoms with Gasteiger partial charge in [0.15, 0.2) is 0 Å². The van der Waals surface area contributed by atoms with Gasteiger partial charge in [-0.05, 0) is 13.8 Å². The number of rotatable bonds is 0. The molecule has 0 radical (unpaired) electrons. The van der Waals surface area contributed by atoms with Crippen molar-refractivity contribution in [3.63, 3.8) is 0 Å². The summed E-state index contributed by atoms with van der Waals surface area (Å²) < 4.78 is 0. The Morgan fingerprint density at radius 1 is 0.875 bits per heavy atom. The minimum absolute atomic E-state index is 0. The molecule has 0 amide bonds. The molecule has 0 aromatic carbocycles. The topological polar surface area (TPSA) is 20.2 Å². The summed E-state index contributed by atoms with van der Waals surface area (Å²) in [5.41, 5.74) is 0. The first-order valence-corrected chi connectivity index (χ1v) is 1.41. The van der Waals surface area contributed by atoms with Gasteiger partial charge in [-0.2, -0.15) is 0 Å². The van der Waals surface area contributed by atoms with E-state index >= 15 is 0 Å². The Hall–Kier alpha value is -0.320. The van der Waals surface area contributed by atoms with Crippen LogP contribution in [0.15, 0.2) is 0 Å². The van der Waals surface area contributed by atoms with E-state index in [0.29, 0.717) is 0 Å². The third-order valence-electron chi connectivity index (χ3n) is 0. The predicted octanol–water partition coefficient (Wildman–Crippen LogP) is 0.997. The molecule has 0 heterocycles. The Bertz CT molecular complexity index is 16.0. The number of halogens is 4. The van der Waals surface area contributed by atoms with E-state index in [9.17, 15) is 0 Å². The quantitative estimate of drug-likeness (QED) is 0.497. The molecule has 58 valence electrons. The first-order valence-electron chi connectivity index (χ1n) is 1.41. The van der Waals surface area contributed by atoms with Gasteiger partial charge in [-0.25, -0.2) is 0 Å². The van der Waals surface area contributed by atoms with Gasteiger partial charge in [-0.3, -0.25) is 18.8 Å². The van der Waals surface area contributed by atoms with Crippen LogP contribution in [0.5, 0.6) is 0 Å². The summed E-state index contributed by atoms with van der Waals surface area (Å²) in [6.45, 7) is 3.44. The standard InChI is InChI=1S/C3H8O.4FH/c1-3(2)4;;;;/h3-4H,1-2H3;4*1H. The van der Waals surface area contributed by atoms with Crippen LogP contribution in [0.4, 0.5) is 18.8 Å². The van der Waals surface area contributed by atoms with Crippen LogP contribution in [0.3, 0.4) is 0 Å². The summed E-state index contributed by atoms with van der Waals surface area (Å²) in [6.07, 6.45) is -0.167. The average Bonchev–Trinajstić information content (AvgIpc) is 0.811. The summed E-state index contributed by atoms with van der Waals surface area (Å²) >= 11 is 0. The lowest BCUT2D eigenvalue weighted by Gasteiger charge is -1.80. The molecule has 0 saturated heterocycles. The molecule has 8 heavy (non-hydrogen) atoms. The Kier molecular flexibility index (Phi) is 179. The van der Waals surface area contributed by atoms with Crippen molar-refractivity contribution in [3.8, 4) is 0 Å². The van der Waals surface area contributed by atoms with Gasteiger partial charge >= 0.3 is 0 Å². The van der Waals surface area contributed by atoms with Crippen LogP contribution in [0, 0.1) is 0 Å². The Balaban J connectivity index is -0.00000000750. The zero-order chi connectivity index (χ0) is 3.58. The highest BCUT2D eigenvalue weighted by Gasteiger charge is 1.69. The fraction of sp³-hybridized carbons (Fsp3) is 1.00. The molecular weight excluding hydrogens is 128 g/mol. The zero-order valence-electron chi connectivity index (χ0n) is 4.66. The van der Waals surface area contributed by atoms with Crippen LogP contribution < -0.4 is 0 Å². The van der Waals surface area contributed by atoms with Crippen molar-refractivity contribution in [1.29, 1.82) is 0 Å². The minimum atomic E-state index is -0.167. The van der Waals surface area contributed by atoms with Crippen LogP contribution in [-0.4, -0.2) is 11.2 Å². The van der Waals surface area contributed by atoms with Crippen LogP contribution in [-0.2, 0) is 0 Å². The smallest absolute Gasteiger partial charge is 0.0483 e. The molecule has 5 heteroatoms. The normalized spacial score (nSPS) is 4.50. The van der Waals surface area contributed by atoms with Gasteiger partial charge in [-0.15, -0.1) is 0 Å². The highest BCUT2D eigenvalue weighted by Crippen LogP contribution is 1.65. The van der Waals surface area contributed by atoms with Crippen LogP contribution in [0.2, 0.25) is 0 Å². The molecule has 0 aliphatic carbocycles. The second-order valence-corrected chi connectivity index (χ2v) is 1.09. The Morgan fingerprint density at radius 2 is 0.875 bits per heavy atom. The maximum absolute atomic E-state index is 8.06. The zero-order valence-corrected chi connectivity index (χ0v) is 4.66. The van der Waals surface area contributed by atoms with Crippen molar-refractivity contribution in [2.24, 2.45) is 0 Å². The van der Waals surface area contributed by atoms with E-state index in [1.165, 1.54) is 0 Å². The Morgan fingerprint density at radius 3 is 0.875 bits per heavy atom. The molecule has 0 fully saturated rings. The number of hydrogen-bond acceptors (Lipinski definition) is 1. The fourth-order valence-electron chi connectivity index (χ4n) is 0. The molecule has 0 unspecified atom stereocenters. The van der Waals surface area contributed by atoms with Gasteiger partial charge in [0.05, 0.1) is 0 Å². The summed E-state index contributed by atoms with van der Waals surface area (Å²) in [7, 11) is 0. The maximum atomic E-state index is 8.06. The first-order chi connectivity index (χ1) is 1.73. The number of aliphatic hydroxyl groups is 1. The van der Waals surface area contributed by atoms with E-state index in [1.54, 1.807) is 13.8 Å². The lowest BCUT2D eigenvalue weighted by atomic mass is 10.5. The van der Waals surface area contributed by atoms with Crippen LogP contribution in [0.1, 0.15) is 13.8 Å². The lowest BCUT2D eigenvalue weighted by molar-refractivity contribution is 0.216.